The van der Waals surface area contributed by atoms with Gasteiger partial charge in [0.1, 0.15) is 12.2 Å². The largest absolute Gasteiger partial charge is 0.488 e. The lowest BCUT2D eigenvalue weighted by Crippen LogP contribution is -2.66. The Morgan fingerprint density at radius 3 is 2.62 bits per heavy atom. The fraction of sp³-hybridized carbons (Fsp3) is 0.600. The van der Waals surface area contributed by atoms with Crippen LogP contribution in [-0.4, -0.2) is 89.9 Å². The Morgan fingerprint density at radius 1 is 1.10 bits per heavy atom. The summed E-state index contributed by atoms with van der Waals surface area (Å²) < 4.78 is 17.7. The van der Waals surface area contributed by atoms with Gasteiger partial charge in [0.25, 0.3) is 5.91 Å². The van der Waals surface area contributed by atoms with E-state index in [0.29, 0.717) is 37.0 Å². The predicted molar refractivity (Wildman–Crippen MR) is 148 cm³/mol. The van der Waals surface area contributed by atoms with Gasteiger partial charge in [0, 0.05) is 37.3 Å². The number of likely N-dealkylation sites (N-methyl/N-ethyl adjacent to an activating group) is 1. The molecule has 6 rings (SSSR count). The van der Waals surface area contributed by atoms with Gasteiger partial charge in [-0.05, 0) is 89.7 Å². The maximum absolute atomic E-state index is 13.5. The fourth-order valence-corrected chi connectivity index (χ4v) is 6.54. The van der Waals surface area contributed by atoms with Crippen molar-refractivity contribution in [1.29, 1.82) is 0 Å². The van der Waals surface area contributed by atoms with Crippen LogP contribution in [-0.2, 0) is 4.74 Å². The average Bonchev–Trinajstić information content (AvgIpc) is 3.56. The number of amides is 2. The van der Waals surface area contributed by atoms with Crippen LogP contribution in [0.15, 0.2) is 30.5 Å². The van der Waals surface area contributed by atoms with Crippen LogP contribution in [0.2, 0.25) is 0 Å². The van der Waals surface area contributed by atoms with Crippen LogP contribution in [0.3, 0.4) is 0 Å². The van der Waals surface area contributed by atoms with Crippen molar-refractivity contribution in [2.75, 3.05) is 39.8 Å². The van der Waals surface area contributed by atoms with E-state index in [1.807, 2.05) is 36.1 Å². The van der Waals surface area contributed by atoms with E-state index in [1.165, 1.54) is 0 Å². The zero-order valence-corrected chi connectivity index (χ0v) is 23.4. The van der Waals surface area contributed by atoms with E-state index >= 15 is 0 Å². The van der Waals surface area contributed by atoms with Gasteiger partial charge in [-0.3, -0.25) is 4.79 Å². The molecule has 1 atom stereocenters. The van der Waals surface area contributed by atoms with Gasteiger partial charge < -0.3 is 29.3 Å². The maximum atomic E-state index is 13.5. The summed E-state index contributed by atoms with van der Waals surface area (Å²) in [6.07, 6.45) is 8.39. The molecule has 1 spiro atoms. The van der Waals surface area contributed by atoms with Crippen LogP contribution in [0.1, 0.15) is 62.4 Å². The number of hydrogen-bond donors (Lipinski definition) is 1. The third-order valence-electron chi connectivity index (χ3n) is 8.62. The summed E-state index contributed by atoms with van der Waals surface area (Å²) in [7, 11) is 2.06. The van der Waals surface area contributed by atoms with Crippen LogP contribution in [0, 0.1) is 5.41 Å². The molecule has 4 heterocycles. The van der Waals surface area contributed by atoms with Crippen LogP contribution in [0.25, 0.3) is 11.3 Å². The zero-order chi connectivity index (χ0) is 27.7. The van der Waals surface area contributed by atoms with Crippen LogP contribution in [0.5, 0.6) is 11.6 Å². The summed E-state index contributed by atoms with van der Waals surface area (Å²) in [5, 5.41) is 3.15. The van der Waals surface area contributed by atoms with E-state index in [-0.39, 0.29) is 41.4 Å². The standard InChI is InChI=1S/C30H39N5O5/c1-3-38-28-23(9-6-13-31-28)24-10-11-25(26(33-24)27(36)32-20-12-14-34(2)17-20)39-22-15-30(16-22)18-35(19-30)29(37)40-21-7-4-5-8-21/h6,9-11,13,20-22H,3-5,7-8,12,14-19H2,1-2H3,(H,32,36). The zero-order valence-electron chi connectivity index (χ0n) is 23.4. The van der Waals surface area contributed by atoms with Crippen molar-refractivity contribution in [3.63, 3.8) is 0 Å². The second-order valence-corrected chi connectivity index (χ2v) is 11.8. The van der Waals surface area contributed by atoms with Crippen LogP contribution < -0.4 is 14.8 Å². The number of aromatic nitrogens is 2. The molecule has 214 valence electrons. The number of nitrogens with one attached hydrogen (secondary N) is 1. The first-order chi connectivity index (χ1) is 19.4. The summed E-state index contributed by atoms with van der Waals surface area (Å²) >= 11 is 0. The lowest BCUT2D eigenvalue weighted by molar-refractivity contribution is -0.112. The number of carbonyl (C=O) groups excluding carboxylic acids is 2. The predicted octanol–water partition coefficient (Wildman–Crippen LogP) is 3.90. The highest BCUT2D eigenvalue weighted by Gasteiger charge is 2.55. The molecule has 0 bridgehead atoms. The maximum Gasteiger partial charge on any atom is 0.410 e. The molecule has 2 saturated carbocycles. The molecular weight excluding hydrogens is 510 g/mol. The minimum atomic E-state index is -0.238. The van der Waals surface area contributed by atoms with Gasteiger partial charge in [-0.25, -0.2) is 14.8 Å². The highest BCUT2D eigenvalue weighted by Crippen LogP contribution is 2.50. The number of rotatable bonds is 8. The quantitative estimate of drug-likeness (QED) is 0.529. The molecule has 2 aromatic rings. The molecule has 10 heteroatoms. The monoisotopic (exact) mass is 549 g/mol. The Bertz CT molecular complexity index is 1230. The minimum absolute atomic E-state index is 0.0257. The van der Waals surface area contributed by atoms with Crippen LogP contribution >= 0.6 is 0 Å². The molecular formula is C30H39N5O5. The Balaban J connectivity index is 1.13. The summed E-state index contributed by atoms with van der Waals surface area (Å²) in [6, 6.07) is 7.48. The van der Waals surface area contributed by atoms with Crippen molar-refractivity contribution in [2.24, 2.45) is 5.41 Å². The lowest BCUT2D eigenvalue weighted by Gasteiger charge is -2.57. The Labute approximate surface area is 235 Å². The van der Waals surface area contributed by atoms with E-state index in [4.69, 9.17) is 19.2 Å². The number of hydrogen-bond acceptors (Lipinski definition) is 8. The van der Waals surface area contributed by atoms with E-state index in [0.717, 1.165) is 63.6 Å². The first-order valence-corrected chi connectivity index (χ1v) is 14.6. The molecule has 2 amide bonds. The van der Waals surface area contributed by atoms with Gasteiger partial charge in [-0.15, -0.1) is 0 Å². The van der Waals surface area contributed by atoms with Crippen molar-refractivity contribution < 1.29 is 23.8 Å². The molecule has 0 radical (unpaired) electrons. The average molecular weight is 550 g/mol. The second kappa shape index (κ2) is 11.2. The molecule has 2 saturated heterocycles. The van der Waals surface area contributed by atoms with Crippen molar-refractivity contribution in [2.45, 2.75) is 70.1 Å². The Hall–Kier alpha value is -3.40. The molecule has 2 aliphatic carbocycles. The third kappa shape index (κ3) is 5.59. The summed E-state index contributed by atoms with van der Waals surface area (Å²) in [5.41, 5.74) is 1.70. The Morgan fingerprint density at radius 2 is 1.90 bits per heavy atom. The molecule has 0 aromatic carbocycles. The normalized spacial score (nSPS) is 22.6. The number of likely N-dealkylation sites (tertiary alicyclic amines) is 2. The fourth-order valence-electron chi connectivity index (χ4n) is 6.54. The summed E-state index contributed by atoms with van der Waals surface area (Å²) in [4.78, 5) is 39.1. The molecule has 40 heavy (non-hydrogen) atoms. The summed E-state index contributed by atoms with van der Waals surface area (Å²) in [6.45, 7) is 5.56. The second-order valence-electron chi connectivity index (χ2n) is 11.8. The first kappa shape index (κ1) is 26.8. The summed E-state index contributed by atoms with van der Waals surface area (Å²) in [5.74, 6) is 0.723. The molecule has 1 unspecified atom stereocenters. The van der Waals surface area contributed by atoms with Crippen molar-refractivity contribution in [3.8, 4) is 22.9 Å². The molecule has 4 fully saturated rings. The SMILES string of the molecule is CCOc1ncccc1-c1ccc(OC2CC3(C2)CN(C(=O)OC2CCCC2)C3)c(C(=O)NC2CCN(C)C2)n1. The van der Waals surface area contributed by atoms with Crippen molar-refractivity contribution in [1.82, 2.24) is 25.1 Å². The van der Waals surface area contributed by atoms with E-state index in [9.17, 15) is 9.59 Å². The first-order valence-electron chi connectivity index (χ1n) is 14.6. The molecule has 4 aliphatic rings. The lowest BCUT2D eigenvalue weighted by atomic mass is 9.62. The van der Waals surface area contributed by atoms with Gasteiger partial charge >= 0.3 is 6.09 Å². The third-order valence-corrected chi connectivity index (χ3v) is 8.62. The van der Waals surface area contributed by atoms with Gasteiger partial charge in [-0.1, -0.05) is 0 Å². The Kier molecular flexibility index (Phi) is 7.53. The van der Waals surface area contributed by atoms with Gasteiger partial charge in [0.2, 0.25) is 5.88 Å². The smallest absolute Gasteiger partial charge is 0.410 e. The highest BCUT2D eigenvalue weighted by atomic mass is 16.6. The van der Waals surface area contributed by atoms with Crippen LogP contribution in [0.4, 0.5) is 4.79 Å². The van der Waals surface area contributed by atoms with E-state index in [1.54, 1.807) is 6.20 Å². The van der Waals surface area contributed by atoms with Gasteiger partial charge in [0.15, 0.2) is 11.4 Å². The molecule has 2 aromatic heterocycles. The number of carbonyl (C=O) groups is 2. The topological polar surface area (TPSA) is 106 Å². The number of pyridine rings is 2. The van der Waals surface area contributed by atoms with Crippen molar-refractivity contribution in [3.05, 3.63) is 36.2 Å². The highest BCUT2D eigenvalue weighted by molar-refractivity contribution is 5.96. The molecule has 10 nitrogen and oxygen atoms in total. The molecule has 1 N–H and O–H groups in total. The van der Waals surface area contributed by atoms with Gasteiger partial charge in [-0.2, -0.15) is 0 Å². The number of ether oxygens (including phenoxy) is 3. The van der Waals surface area contributed by atoms with Crippen molar-refractivity contribution >= 4 is 12.0 Å². The van der Waals surface area contributed by atoms with Gasteiger partial charge in [0.05, 0.1) is 17.9 Å². The molecule has 2 aliphatic heterocycles. The number of nitrogens with zero attached hydrogens (tertiary/aromatic N) is 4. The van der Waals surface area contributed by atoms with E-state index in [2.05, 4.69) is 22.2 Å². The minimum Gasteiger partial charge on any atom is -0.488 e. The van der Waals surface area contributed by atoms with E-state index < -0.39 is 0 Å².